The first-order valence-electron chi connectivity index (χ1n) is 10.8. The molecular formula is C25H29ClN4O2. The maximum absolute atomic E-state index is 13.5. The predicted molar refractivity (Wildman–Crippen MR) is 131 cm³/mol. The van der Waals surface area contributed by atoms with Crippen molar-refractivity contribution < 1.29 is 9.59 Å². The van der Waals surface area contributed by atoms with Gasteiger partial charge in [-0.15, -0.1) is 18.8 Å². The molecule has 0 unspecified atom stereocenters. The maximum atomic E-state index is 13.5. The van der Waals surface area contributed by atoms with Gasteiger partial charge < -0.3 is 20.9 Å². The second kappa shape index (κ2) is 10.1. The fraction of sp³-hybridized carbons (Fsp3) is 0.360. The fourth-order valence-corrected chi connectivity index (χ4v) is 4.44. The van der Waals surface area contributed by atoms with E-state index in [9.17, 15) is 9.59 Å². The molecule has 0 spiro atoms. The van der Waals surface area contributed by atoms with Crippen LogP contribution in [-0.4, -0.2) is 35.9 Å². The molecule has 0 radical (unpaired) electrons. The Morgan fingerprint density at radius 1 is 1.28 bits per heavy atom. The van der Waals surface area contributed by atoms with Gasteiger partial charge in [-0.05, 0) is 68.9 Å². The molecule has 2 amide bonds. The van der Waals surface area contributed by atoms with E-state index in [1.165, 1.54) is 0 Å². The molecular weight excluding hydrogens is 424 g/mol. The van der Waals surface area contributed by atoms with Crippen molar-refractivity contribution in [3.63, 3.8) is 0 Å². The number of aromatic amines is 1. The van der Waals surface area contributed by atoms with Gasteiger partial charge in [0, 0.05) is 35.1 Å². The Balaban J connectivity index is 0.00000289. The van der Waals surface area contributed by atoms with Crippen LogP contribution in [0.15, 0.2) is 30.3 Å². The molecule has 2 aromatic rings. The number of amides is 2. The molecule has 32 heavy (non-hydrogen) atoms. The highest BCUT2D eigenvalue weighted by Crippen LogP contribution is 2.40. The molecule has 0 bridgehead atoms. The van der Waals surface area contributed by atoms with Gasteiger partial charge in [0.15, 0.2) is 0 Å². The molecule has 1 aromatic carbocycles. The van der Waals surface area contributed by atoms with E-state index >= 15 is 0 Å². The Bertz CT molecular complexity index is 1070. The smallest absolute Gasteiger partial charge is 0.259 e. The summed E-state index contributed by atoms with van der Waals surface area (Å²) in [6, 6.07) is 9.60. The van der Waals surface area contributed by atoms with E-state index in [1.54, 1.807) is 12.1 Å². The number of hydrogen-bond acceptors (Lipinski definition) is 3. The number of anilines is 1. The molecule has 1 aromatic heterocycles. The van der Waals surface area contributed by atoms with Crippen LogP contribution in [-0.2, 0) is 4.79 Å². The van der Waals surface area contributed by atoms with Gasteiger partial charge in [-0.25, -0.2) is 0 Å². The molecule has 2 heterocycles. The molecule has 1 fully saturated rings. The van der Waals surface area contributed by atoms with Gasteiger partial charge >= 0.3 is 0 Å². The number of nitrogens with two attached hydrogens (primary N) is 1. The van der Waals surface area contributed by atoms with Crippen molar-refractivity contribution in [2.45, 2.75) is 38.6 Å². The SMILES string of the molecule is C#CCNC(=O)c1ccc2c(c1)N(CC1CCC(N)CC1)C(=O)/C2=C\c1ccc(C)[nH]1.Cl. The van der Waals surface area contributed by atoms with Crippen LogP contribution in [0.4, 0.5) is 5.69 Å². The number of terminal acetylenes is 1. The molecule has 0 saturated heterocycles. The Kier molecular flexibility index (Phi) is 7.44. The van der Waals surface area contributed by atoms with Crippen LogP contribution >= 0.6 is 12.4 Å². The van der Waals surface area contributed by atoms with Crippen molar-refractivity contribution in [3.05, 3.63) is 52.8 Å². The topological polar surface area (TPSA) is 91.2 Å². The van der Waals surface area contributed by atoms with Crippen LogP contribution in [0.25, 0.3) is 11.6 Å². The summed E-state index contributed by atoms with van der Waals surface area (Å²) in [6.45, 7) is 2.78. The highest BCUT2D eigenvalue weighted by atomic mass is 35.5. The number of carbonyl (C=O) groups is 2. The summed E-state index contributed by atoms with van der Waals surface area (Å²) in [7, 11) is 0. The number of halogens is 1. The summed E-state index contributed by atoms with van der Waals surface area (Å²) in [6.07, 6.45) is 11.1. The standard InChI is InChI=1S/C25H28N4O2.ClH/c1-3-12-27-24(30)18-7-11-21-22(14-20-10-4-16(2)28-20)25(31)29(23(21)13-18)15-17-5-8-19(26)9-6-17;/h1,4,7,10-11,13-14,17,19,28H,5-6,8-9,12,15,26H2,2H3,(H,27,30);1H/b22-14-;. The van der Waals surface area contributed by atoms with Crippen LogP contribution in [0.3, 0.4) is 0 Å². The highest BCUT2D eigenvalue weighted by molar-refractivity contribution is 6.36. The third-order valence-electron chi connectivity index (χ3n) is 6.15. The fourth-order valence-electron chi connectivity index (χ4n) is 4.44. The zero-order valence-electron chi connectivity index (χ0n) is 18.2. The number of aromatic nitrogens is 1. The zero-order chi connectivity index (χ0) is 22.0. The second-order valence-corrected chi connectivity index (χ2v) is 8.47. The Morgan fingerprint density at radius 2 is 2.03 bits per heavy atom. The predicted octanol–water partition coefficient (Wildman–Crippen LogP) is 3.51. The van der Waals surface area contributed by atoms with Crippen molar-refractivity contribution in [2.75, 3.05) is 18.0 Å². The lowest BCUT2D eigenvalue weighted by Gasteiger charge is -2.30. The summed E-state index contributed by atoms with van der Waals surface area (Å²) in [5, 5.41) is 2.69. The zero-order valence-corrected chi connectivity index (χ0v) is 19.0. The number of nitrogens with zero attached hydrogens (tertiary/aromatic N) is 1. The number of benzene rings is 1. The van der Waals surface area contributed by atoms with Crippen molar-refractivity contribution in [3.8, 4) is 12.3 Å². The molecule has 1 aliphatic carbocycles. The maximum Gasteiger partial charge on any atom is 0.259 e. The van der Waals surface area contributed by atoms with Gasteiger partial charge in [0.1, 0.15) is 0 Å². The van der Waals surface area contributed by atoms with E-state index in [1.807, 2.05) is 36.1 Å². The largest absolute Gasteiger partial charge is 0.359 e. The van der Waals surface area contributed by atoms with E-state index < -0.39 is 0 Å². The molecule has 6 nitrogen and oxygen atoms in total. The molecule has 4 rings (SSSR count). The molecule has 168 valence electrons. The van der Waals surface area contributed by atoms with Crippen molar-refractivity contribution in [2.24, 2.45) is 11.7 Å². The average molecular weight is 453 g/mol. The van der Waals surface area contributed by atoms with Gasteiger partial charge in [-0.3, -0.25) is 9.59 Å². The number of fused-ring (bicyclic) bond motifs is 1. The van der Waals surface area contributed by atoms with Gasteiger partial charge in [0.2, 0.25) is 0 Å². The van der Waals surface area contributed by atoms with E-state index in [0.29, 0.717) is 23.6 Å². The minimum atomic E-state index is -0.241. The van der Waals surface area contributed by atoms with E-state index in [2.05, 4.69) is 16.2 Å². The number of H-pyrrole nitrogens is 1. The van der Waals surface area contributed by atoms with E-state index in [0.717, 1.165) is 48.3 Å². The number of carbonyl (C=O) groups excluding carboxylic acids is 2. The summed E-state index contributed by atoms with van der Waals surface area (Å²) >= 11 is 0. The minimum Gasteiger partial charge on any atom is -0.359 e. The normalized spacial score (nSPS) is 21.1. The first-order chi connectivity index (χ1) is 15.0. The molecule has 0 atom stereocenters. The number of rotatable bonds is 5. The lowest BCUT2D eigenvalue weighted by Crippen LogP contribution is -2.36. The van der Waals surface area contributed by atoms with E-state index in [4.69, 9.17) is 12.2 Å². The minimum absolute atomic E-state index is 0. The second-order valence-electron chi connectivity index (χ2n) is 8.47. The van der Waals surface area contributed by atoms with Crippen molar-refractivity contribution in [1.29, 1.82) is 0 Å². The van der Waals surface area contributed by atoms with Crippen molar-refractivity contribution >= 4 is 41.6 Å². The number of nitrogens with one attached hydrogen (secondary N) is 2. The van der Waals surface area contributed by atoms with Crippen LogP contribution in [0.2, 0.25) is 0 Å². The quantitative estimate of drug-likeness (QED) is 0.479. The first kappa shape index (κ1) is 23.6. The summed E-state index contributed by atoms with van der Waals surface area (Å²) in [4.78, 5) is 31.0. The highest BCUT2D eigenvalue weighted by Gasteiger charge is 2.35. The molecule has 2 aliphatic rings. The van der Waals surface area contributed by atoms with E-state index in [-0.39, 0.29) is 36.8 Å². The lowest BCUT2D eigenvalue weighted by atomic mass is 9.86. The average Bonchev–Trinajstić information content (AvgIpc) is 3.29. The van der Waals surface area contributed by atoms with Gasteiger partial charge in [-0.1, -0.05) is 12.0 Å². The summed E-state index contributed by atoms with van der Waals surface area (Å²) < 4.78 is 0. The monoisotopic (exact) mass is 452 g/mol. The van der Waals surface area contributed by atoms with Gasteiger partial charge in [-0.2, -0.15) is 0 Å². The Labute approximate surface area is 195 Å². The lowest BCUT2D eigenvalue weighted by molar-refractivity contribution is -0.113. The molecule has 7 heteroatoms. The van der Waals surface area contributed by atoms with Crippen molar-refractivity contribution in [1.82, 2.24) is 10.3 Å². The van der Waals surface area contributed by atoms with Gasteiger partial charge in [0.25, 0.3) is 11.8 Å². The molecule has 1 aliphatic heterocycles. The molecule has 1 saturated carbocycles. The Morgan fingerprint density at radius 3 is 2.69 bits per heavy atom. The van der Waals surface area contributed by atoms with Crippen LogP contribution in [0, 0.1) is 25.2 Å². The summed E-state index contributed by atoms with van der Waals surface area (Å²) in [5.74, 6) is 2.55. The van der Waals surface area contributed by atoms with Crippen LogP contribution in [0.5, 0.6) is 0 Å². The van der Waals surface area contributed by atoms with Gasteiger partial charge in [0.05, 0.1) is 17.8 Å². The molecule has 4 N–H and O–H groups in total. The van der Waals surface area contributed by atoms with Crippen LogP contribution < -0.4 is 16.0 Å². The summed E-state index contributed by atoms with van der Waals surface area (Å²) in [5.41, 5.74) is 10.7. The number of aryl methyl sites for hydroxylation is 1. The van der Waals surface area contributed by atoms with Crippen LogP contribution in [0.1, 0.15) is 53.0 Å². The first-order valence-corrected chi connectivity index (χ1v) is 10.8. The third kappa shape index (κ3) is 4.90. The Hall–Kier alpha value is -3.01. The third-order valence-corrected chi connectivity index (χ3v) is 6.15. The number of hydrogen-bond donors (Lipinski definition) is 3.